The van der Waals surface area contributed by atoms with Gasteiger partial charge in [-0.1, -0.05) is 13.8 Å². The lowest BCUT2D eigenvalue weighted by atomic mass is 10.2. The molecule has 0 aliphatic rings. The first-order valence-electron chi connectivity index (χ1n) is 4.14. The van der Waals surface area contributed by atoms with E-state index in [1.165, 1.54) is 0 Å². The van der Waals surface area contributed by atoms with Gasteiger partial charge in [0, 0.05) is 10.2 Å². The Labute approximate surface area is 93.4 Å². The standard InChI is InChI=1S/C7H4BrF4N.C2H6/c8-4-2-5(9)3(1-6(4)13)7(10,11)12;1-2/h1-2H,13H2;1-2H3. The maximum absolute atomic E-state index is 12.7. The minimum Gasteiger partial charge on any atom is -0.398 e. The van der Waals surface area contributed by atoms with Crippen LogP contribution in [-0.2, 0) is 6.18 Å². The highest BCUT2D eigenvalue weighted by Crippen LogP contribution is 2.34. The van der Waals surface area contributed by atoms with Crippen molar-refractivity contribution in [3.63, 3.8) is 0 Å². The molecule has 1 aromatic carbocycles. The third kappa shape index (κ3) is 3.70. The lowest BCUT2D eigenvalue weighted by Crippen LogP contribution is -2.09. The zero-order valence-corrected chi connectivity index (χ0v) is 9.71. The molecular weight excluding hydrogens is 278 g/mol. The van der Waals surface area contributed by atoms with Crippen molar-refractivity contribution in [1.29, 1.82) is 0 Å². The van der Waals surface area contributed by atoms with Crippen LogP contribution in [0.5, 0.6) is 0 Å². The van der Waals surface area contributed by atoms with E-state index in [0.29, 0.717) is 12.1 Å². The number of halogens is 5. The molecule has 0 aromatic heterocycles. The zero-order chi connectivity index (χ0) is 12.2. The summed E-state index contributed by atoms with van der Waals surface area (Å²) in [5, 5.41) is 0. The van der Waals surface area contributed by atoms with Gasteiger partial charge < -0.3 is 5.73 Å². The molecule has 2 N–H and O–H groups in total. The molecule has 0 spiro atoms. The van der Waals surface area contributed by atoms with Crippen LogP contribution in [0.1, 0.15) is 19.4 Å². The van der Waals surface area contributed by atoms with Gasteiger partial charge in [0.05, 0.1) is 5.56 Å². The van der Waals surface area contributed by atoms with Crippen molar-refractivity contribution in [1.82, 2.24) is 0 Å². The van der Waals surface area contributed by atoms with Gasteiger partial charge in [-0.15, -0.1) is 0 Å². The number of nitrogen functional groups attached to an aromatic ring is 1. The van der Waals surface area contributed by atoms with Crippen molar-refractivity contribution in [3.8, 4) is 0 Å². The molecule has 0 aliphatic heterocycles. The van der Waals surface area contributed by atoms with Crippen LogP contribution < -0.4 is 5.73 Å². The van der Waals surface area contributed by atoms with Crippen LogP contribution in [0, 0.1) is 5.82 Å². The fraction of sp³-hybridized carbons (Fsp3) is 0.333. The van der Waals surface area contributed by atoms with E-state index < -0.39 is 17.6 Å². The average Bonchev–Trinajstić information content (AvgIpc) is 2.13. The maximum Gasteiger partial charge on any atom is 0.419 e. The molecule has 0 atom stereocenters. The molecule has 0 amide bonds. The Balaban J connectivity index is 0.000000921. The van der Waals surface area contributed by atoms with Crippen LogP contribution in [0.15, 0.2) is 16.6 Å². The largest absolute Gasteiger partial charge is 0.419 e. The van der Waals surface area contributed by atoms with E-state index in [0.717, 1.165) is 0 Å². The lowest BCUT2D eigenvalue weighted by molar-refractivity contribution is -0.139. The van der Waals surface area contributed by atoms with E-state index in [-0.39, 0.29) is 10.2 Å². The van der Waals surface area contributed by atoms with Crippen LogP contribution in [-0.4, -0.2) is 0 Å². The molecule has 1 aromatic rings. The van der Waals surface area contributed by atoms with E-state index in [2.05, 4.69) is 15.9 Å². The van der Waals surface area contributed by atoms with E-state index >= 15 is 0 Å². The molecule has 0 radical (unpaired) electrons. The minimum absolute atomic E-state index is 0.109. The van der Waals surface area contributed by atoms with Crippen LogP contribution >= 0.6 is 15.9 Å². The van der Waals surface area contributed by atoms with Gasteiger partial charge in [0.25, 0.3) is 0 Å². The summed E-state index contributed by atoms with van der Waals surface area (Å²) in [6.45, 7) is 4.00. The van der Waals surface area contributed by atoms with Crippen LogP contribution in [0.2, 0.25) is 0 Å². The Hall–Kier alpha value is -0.780. The highest BCUT2D eigenvalue weighted by molar-refractivity contribution is 9.10. The number of nitrogens with two attached hydrogens (primary N) is 1. The van der Waals surface area contributed by atoms with E-state index in [4.69, 9.17) is 5.73 Å². The van der Waals surface area contributed by atoms with E-state index in [1.54, 1.807) is 0 Å². The average molecular weight is 288 g/mol. The fourth-order valence-electron chi connectivity index (χ4n) is 0.783. The molecule has 1 rings (SSSR count). The summed E-state index contributed by atoms with van der Waals surface area (Å²) in [4.78, 5) is 0. The molecule has 6 heteroatoms. The Morgan fingerprint density at radius 1 is 1.20 bits per heavy atom. The van der Waals surface area contributed by atoms with Crippen LogP contribution in [0.4, 0.5) is 23.2 Å². The Bertz CT molecular complexity index is 336. The zero-order valence-electron chi connectivity index (χ0n) is 8.12. The third-order valence-electron chi connectivity index (χ3n) is 1.39. The van der Waals surface area contributed by atoms with Crippen molar-refractivity contribution in [3.05, 3.63) is 28.0 Å². The van der Waals surface area contributed by atoms with Gasteiger partial charge in [-0.3, -0.25) is 0 Å². The minimum atomic E-state index is -4.71. The van der Waals surface area contributed by atoms with E-state index in [1.807, 2.05) is 13.8 Å². The highest BCUT2D eigenvalue weighted by Gasteiger charge is 2.34. The molecule has 0 aliphatic carbocycles. The smallest absolute Gasteiger partial charge is 0.398 e. The van der Waals surface area contributed by atoms with Gasteiger partial charge in [-0.05, 0) is 28.1 Å². The first-order chi connectivity index (χ1) is 6.82. The molecule has 0 unspecified atom stereocenters. The van der Waals surface area contributed by atoms with Gasteiger partial charge in [-0.25, -0.2) is 4.39 Å². The van der Waals surface area contributed by atoms with Crippen molar-refractivity contribution >= 4 is 21.6 Å². The van der Waals surface area contributed by atoms with Crippen LogP contribution in [0.3, 0.4) is 0 Å². The van der Waals surface area contributed by atoms with E-state index in [9.17, 15) is 17.6 Å². The Morgan fingerprint density at radius 3 is 2.07 bits per heavy atom. The number of benzene rings is 1. The second kappa shape index (κ2) is 5.34. The van der Waals surface area contributed by atoms with Crippen LogP contribution in [0.25, 0.3) is 0 Å². The Kier molecular flexibility index (Phi) is 5.07. The molecule has 1 nitrogen and oxygen atoms in total. The first-order valence-corrected chi connectivity index (χ1v) is 4.93. The number of hydrogen-bond donors (Lipinski definition) is 1. The summed E-state index contributed by atoms with van der Waals surface area (Å²) in [6, 6.07) is 1.25. The molecule has 0 heterocycles. The summed E-state index contributed by atoms with van der Waals surface area (Å²) in [7, 11) is 0. The summed E-state index contributed by atoms with van der Waals surface area (Å²) in [6.07, 6.45) is -4.71. The van der Waals surface area contributed by atoms with Gasteiger partial charge in [0.15, 0.2) is 0 Å². The molecule has 0 bridgehead atoms. The third-order valence-corrected chi connectivity index (χ3v) is 2.08. The summed E-state index contributed by atoms with van der Waals surface area (Å²) in [5.41, 5.74) is 3.67. The molecular formula is C9H10BrF4N. The first kappa shape index (κ1) is 14.2. The number of anilines is 1. The van der Waals surface area contributed by atoms with Crippen molar-refractivity contribution in [2.45, 2.75) is 20.0 Å². The van der Waals surface area contributed by atoms with Gasteiger partial charge in [0.1, 0.15) is 5.82 Å². The quantitative estimate of drug-likeness (QED) is 0.561. The van der Waals surface area contributed by atoms with Crippen molar-refractivity contribution < 1.29 is 17.6 Å². The van der Waals surface area contributed by atoms with Gasteiger partial charge >= 0.3 is 6.18 Å². The number of hydrogen-bond acceptors (Lipinski definition) is 1. The maximum atomic E-state index is 12.7. The summed E-state index contributed by atoms with van der Waals surface area (Å²) >= 11 is 2.81. The van der Waals surface area contributed by atoms with Crippen molar-refractivity contribution in [2.24, 2.45) is 0 Å². The molecule has 86 valence electrons. The second-order valence-electron chi connectivity index (χ2n) is 2.35. The molecule has 0 saturated heterocycles. The normalized spacial score (nSPS) is 10.6. The number of rotatable bonds is 0. The molecule has 0 saturated carbocycles. The summed E-state index contributed by atoms with van der Waals surface area (Å²) < 4.78 is 49.0. The highest BCUT2D eigenvalue weighted by atomic mass is 79.9. The van der Waals surface area contributed by atoms with Gasteiger partial charge in [0.2, 0.25) is 0 Å². The predicted octanol–water partition coefficient (Wildman–Crippen LogP) is 4.22. The van der Waals surface area contributed by atoms with Gasteiger partial charge in [-0.2, -0.15) is 13.2 Å². The fourth-order valence-corrected chi connectivity index (χ4v) is 1.10. The Morgan fingerprint density at radius 2 is 1.67 bits per heavy atom. The predicted molar refractivity (Wildman–Crippen MR) is 54.9 cm³/mol. The second-order valence-corrected chi connectivity index (χ2v) is 3.21. The monoisotopic (exact) mass is 287 g/mol. The van der Waals surface area contributed by atoms with Crippen molar-refractivity contribution in [2.75, 3.05) is 5.73 Å². The number of alkyl halides is 3. The SMILES string of the molecule is CC.Nc1cc(C(F)(F)F)c(F)cc1Br. The summed E-state index contributed by atoms with van der Waals surface area (Å²) in [5.74, 6) is -1.34. The molecule has 0 fully saturated rings. The molecule has 15 heavy (non-hydrogen) atoms. The topological polar surface area (TPSA) is 26.0 Å². The lowest BCUT2D eigenvalue weighted by Gasteiger charge is -2.09.